The van der Waals surface area contributed by atoms with E-state index in [1.165, 1.54) is 55.5 Å². The van der Waals surface area contributed by atoms with Crippen LogP contribution in [0.1, 0.15) is 85.8 Å². The molecular weight excluding hydrogens is 667 g/mol. The zero-order valence-corrected chi connectivity index (χ0v) is 30.2. The highest BCUT2D eigenvalue weighted by Crippen LogP contribution is 2.54. The van der Waals surface area contributed by atoms with Crippen LogP contribution in [0.15, 0.2) is 71.6 Å². The normalized spacial score (nSPS) is 21.4. The number of carbonyl (C=O) groups excluding carboxylic acids is 1. The summed E-state index contributed by atoms with van der Waals surface area (Å²) in [4.78, 5) is 29.0. The smallest absolute Gasteiger partial charge is 0.293 e. The molecule has 0 aromatic heterocycles. The first-order valence-electron chi connectivity index (χ1n) is 18.5. The van der Waals surface area contributed by atoms with Crippen LogP contribution in [0.2, 0.25) is 0 Å². The molecule has 3 aliphatic heterocycles. The summed E-state index contributed by atoms with van der Waals surface area (Å²) in [6.45, 7) is 7.18. The quantitative estimate of drug-likeness (QED) is 0.164. The third-order valence-corrected chi connectivity index (χ3v) is 13.2. The molecule has 4 aliphatic rings. The third kappa shape index (κ3) is 7.64. The SMILES string of the molecule is CCc1ccccc1[C@@H]1CCCN1C1CC2(CCN(c3ccc(C(=O)NS(=O)(=O)c4ccc(NCC5CCOCC5)c([N+](=O)[O-])c4)cc3)CC2)C1. The van der Waals surface area contributed by atoms with Gasteiger partial charge in [-0.1, -0.05) is 31.2 Å². The van der Waals surface area contributed by atoms with Crippen molar-refractivity contribution in [2.75, 3.05) is 49.6 Å². The van der Waals surface area contributed by atoms with Gasteiger partial charge in [0, 0.05) is 62.2 Å². The average Bonchev–Trinajstić information content (AvgIpc) is 3.62. The lowest BCUT2D eigenvalue weighted by molar-refractivity contribution is -0.384. The van der Waals surface area contributed by atoms with E-state index in [2.05, 4.69) is 51.0 Å². The molecule has 1 atom stereocenters. The van der Waals surface area contributed by atoms with Gasteiger partial charge in [0.05, 0.1) is 9.82 Å². The maximum absolute atomic E-state index is 13.1. The summed E-state index contributed by atoms with van der Waals surface area (Å²) in [6, 6.07) is 20.8. The molecular formula is C39H49N5O6S. The Hall–Kier alpha value is -4.00. The summed E-state index contributed by atoms with van der Waals surface area (Å²) >= 11 is 0. The molecule has 272 valence electrons. The summed E-state index contributed by atoms with van der Waals surface area (Å²) in [5.41, 5.74) is 4.49. The standard InChI is InChI=1S/C39H49N5O6S/c1-2-29-6-3-4-7-34(29)36-8-5-19-43(36)32-25-39(26-32)17-20-42(21-18-39)31-11-9-30(10-12-31)38(45)41-51(48,49)33-13-14-35(37(24-33)44(46)47)40-27-28-15-22-50-23-16-28/h3-4,6-7,9-14,24,28,32,36,40H,2,5,8,15-23,25-27H2,1H3,(H,41,45)/t36-/m0/s1. The Bertz CT molecular complexity index is 1830. The van der Waals surface area contributed by atoms with E-state index < -0.39 is 20.9 Å². The van der Waals surface area contributed by atoms with E-state index in [4.69, 9.17) is 4.74 Å². The topological polar surface area (TPSA) is 134 Å². The second kappa shape index (κ2) is 14.9. The highest BCUT2D eigenvalue weighted by Gasteiger charge is 2.50. The number of aryl methyl sites for hydroxylation is 1. The maximum Gasteiger partial charge on any atom is 0.293 e. The van der Waals surface area contributed by atoms with Crippen LogP contribution < -0.4 is 14.9 Å². The number of nitro benzene ring substituents is 1. The molecule has 4 fully saturated rings. The summed E-state index contributed by atoms with van der Waals surface area (Å²) in [7, 11) is -4.35. The van der Waals surface area contributed by atoms with Crippen molar-refractivity contribution in [2.24, 2.45) is 11.3 Å². The fourth-order valence-electron chi connectivity index (χ4n) is 8.81. The second-order valence-corrected chi connectivity index (χ2v) is 16.5. The van der Waals surface area contributed by atoms with Crippen molar-refractivity contribution in [1.29, 1.82) is 0 Å². The number of hydrogen-bond donors (Lipinski definition) is 2. The molecule has 12 heteroatoms. The molecule has 3 aromatic rings. The molecule has 1 amide bonds. The zero-order valence-electron chi connectivity index (χ0n) is 29.4. The minimum atomic E-state index is -4.35. The van der Waals surface area contributed by atoms with Gasteiger partial charge < -0.3 is 15.0 Å². The molecule has 0 unspecified atom stereocenters. The summed E-state index contributed by atoms with van der Waals surface area (Å²) in [6.07, 6.45) is 10.1. The van der Waals surface area contributed by atoms with Gasteiger partial charge in [0.2, 0.25) is 0 Å². The predicted molar refractivity (Wildman–Crippen MR) is 198 cm³/mol. The Morgan fingerprint density at radius 2 is 1.71 bits per heavy atom. The van der Waals surface area contributed by atoms with E-state index in [-0.39, 0.29) is 21.8 Å². The molecule has 3 heterocycles. The van der Waals surface area contributed by atoms with Gasteiger partial charge in [-0.2, -0.15) is 0 Å². The maximum atomic E-state index is 13.1. The Kier molecular flexibility index (Phi) is 10.4. The molecule has 51 heavy (non-hydrogen) atoms. The van der Waals surface area contributed by atoms with Crippen molar-refractivity contribution < 1.29 is 22.9 Å². The van der Waals surface area contributed by atoms with Crippen molar-refractivity contribution in [1.82, 2.24) is 9.62 Å². The van der Waals surface area contributed by atoms with Crippen molar-refractivity contribution in [3.63, 3.8) is 0 Å². The summed E-state index contributed by atoms with van der Waals surface area (Å²) in [5, 5.41) is 14.9. The Morgan fingerprint density at radius 3 is 2.41 bits per heavy atom. The first-order chi connectivity index (χ1) is 24.6. The van der Waals surface area contributed by atoms with Crippen molar-refractivity contribution in [2.45, 2.75) is 81.7 Å². The predicted octanol–water partition coefficient (Wildman–Crippen LogP) is 6.70. The van der Waals surface area contributed by atoms with Gasteiger partial charge in [-0.25, -0.2) is 13.1 Å². The fourth-order valence-corrected chi connectivity index (χ4v) is 9.80. The number of nitrogens with one attached hydrogen (secondary N) is 2. The summed E-state index contributed by atoms with van der Waals surface area (Å²) in [5.74, 6) is -0.469. The van der Waals surface area contributed by atoms with E-state index >= 15 is 0 Å². The Morgan fingerprint density at radius 1 is 0.980 bits per heavy atom. The van der Waals surface area contributed by atoms with Gasteiger partial charge in [-0.05, 0) is 123 Å². The number of nitrogens with zero attached hydrogens (tertiary/aromatic N) is 3. The molecule has 3 aromatic carbocycles. The second-order valence-electron chi connectivity index (χ2n) is 14.9. The molecule has 0 radical (unpaired) electrons. The van der Waals surface area contributed by atoms with E-state index in [0.717, 1.165) is 56.9 Å². The highest BCUT2D eigenvalue weighted by atomic mass is 32.2. The van der Waals surface area contributed by atoms with E-state index in [1.54, 1.807) is 12.1 Å². The van der Waals surface area contributed by atoms with Crippen molar-refractivity contribution in [3.8, 4) is 0 Å². The van der Waals surface area contributed by atoms with Crippen LogP contribution in [0.4, 0.5) is 17.1 Å². The van der Waals surface area contributed by atoms with Crippen LogP contribution >= 0.6 is 0 Å². The number of likely N-dealkylation sites (tertiary alicyclic amines) is 1. The van der Waals surface area contributed by atoms with Crippen LogP contribution in [-0.2, 0) is 21.2 Å². The third-order valence-electron chi connectivity index (χ3n) is 11.8. The molecule has 7 rings (SSSR count). The van der Waals surface area contributed by atoms with Crippen LogP contribution in [-0.4, -0.2) is 69.6 Å². The zero-order chi connectivity index (χ0) is 35.6. The van der Waals surface area contributed by atoms with Gasteiger partial charge in [0.15, 0.2) is 0 Å². The minimum Gasteiger partial charge on any atom is -0.381 e. The first kappa shape index (κ1) is 35.4. The Balaban J connectivity index is 0.921. The van der Waals surface area contributed by atoms with E-state index in [1.807, 2.05) is 12.1 Å². The van der Waals surface area contributed by atoms with E-state index in [0.29, 0.717) is 43.2 Å². The van der Waals surface area contributed by atoms with Crippen molar-refractivity contribution in [3.05, 3.63) is 93.5 Å². The van der Waals surface area contributed by atoms with E-state index in [9.17, 15) is 23.3 Å². The number of rotatable bonds is 11. The number of carbonyl (C=O) groups is 1. The fraction of sp³-hybridized carbons (Fsp3) is 0.513. The lowest BCUT2D eigenvalue weighted by Crippen LogP contribution is -2.54. The molecule has 0 bridgehead atoms. The molecule has 1 spiro atoms. The van der Waals surface area contributed by atoms with Gasteiger partial charge >= 0.3 is 0 Å². The van der Waals surface area contributed by atoms with Crippen LogP contribution in [0.3, 0.4) is 0 Å². The molecule has 2 N–H and O–H groups in total. The first-order valence-corrected chi connectivity index (χ1v) is 20.0. The molecule has 1 aliphatic carbocycles. The molecule has 1 saturated carbocycles. The van der Waals surface area contributed by atoms with Gasteiger partial charge in [-0.15, -0.1) is 0 Å². The van der Waals surface area contributed by atoms with Crippen molar-refractivity contribution >= 4 is 33.0 Å². The number of sulfonamides is 1. The van der Waals surface area contributed by atoms with Crippen LogP contribution in [0.5, 0.6) is 0 Å². The van der Waals surface area contributed by atoms with Gasteiger partial charge in [0.1, 0.15) is 5.69 Å². The number of hydrogen-bond acceptors (Lipinski definition) is 9. The highest BCUT2D eigenvalue weighted by molar-refractivity contribution is 7.90. The number of anilines is 2. The lowest BCUT2D eigenvalue weighted by Gasteiger charge is -2.56. The summed E-state index contributed by atoms with van der Waals surface area (Å²) < 4.78 is 33.7. The molecule has 3 saturated heterocycles. The number of amides is 1. The number of ether oxygens (including phenoxy) is 1. The number of benzene rings is 3. The minimum absolute atomic E-state index is 0.201. The largest absolute Gasteiger partial charge is 0.381 e. The monoisotopic (exact) mass is 715 g/mol. The van der Waals surface area contributed by atoms with Crippen LogP contribution in [0, 0.1) is 21.4 Å². The van der Waals surface area contributed by atoms with Gasteiger partial charge in [-0.3, -0.25) is 19.8 Å². The van der Waals surface area contributed by atoms with Gasteiger partial charge in [0.25, 0.3) is 21.6 Å². The van der Waals surface area contributed by atoms with Crippen LogP contribution in [0.25, 0.3) is 0 Å². The number of nitro groups is 1. The lowest BCUT2D eigenvalue weighted by atomic mass is 9.59. The molecule has 11 nitrogen and oxygen atoms in total. The number of piperidine rings is 1. The Labute approximate surface area is 300 Å². The average molecular weight is 716 g/mol.